The van der Waals surface area contributed by atoms with E-state index in [1.165, 1.54) is 0 Å². The van der Waals surface area contributed by atoms with Crippen molar-refractivity contribution in [2.45, 2.75) is 26.6 Å². The van der Waals surface area contributed by atoms with E-state index in [2.05, 4.69) is 4.98 Å². The van der Waals surface area contributed by atoms with E-state index < -0.39 is 5.97 Å². The molecule has 1 aromatic carbocycles. The molecule has 0 spiro atoms. The third-order valence-corrected chi connectivity index (χ3v) is 2.51. The van der Waals surface area contributed by atoms with Gasteiger partial charge in [0.1, 0.15) is 0 Å². The number of H-pyrrole nitrogens is 1. The van der Waals surface area contributed by atoms with Crippen LogP contribution in [0.3, 0.4) is 0 Å². The molecule has 0 radical (unpaired) electrons. The summed E-state index contributed by atoms with van der Waals surface area (Å²) in [6.07, 6.45) is 0.153. The van der Waals surface area contributed by atoms with Crippen LogP contribution in [0.4, 0.5) is 0 Å². The lowest BCUT2D eigenvalue weighted by Crippen LogP contribution is -2.02. The Morgan fingerprint density at radius 1 is 1.47 bits per heavy atom. The summed E-state index contributed by atoms with van der Waals surface area (Å²) in [4.78, 5) is 14.1. The quantitative estimate of drug-likeness (QED) is 0.853. The Morgan fingerprint density at radius 2 is 2.24 bits per heavy atom. The van der Waals surface area contributed by atoms with Crippen molar-refractivity contribution in [3.63, 3.8) is 0 Å². The van der Waals surface area contributed by atoms with Crippen molar-refractivity contribution in [3.8, 4) is 0 Å². The Bertz CT molecular complexity index is 543. The summed E-state index contributed by atoms with van der Waals surface area (Å²) in [7, 11) is 0. The summed E-state index contributed by atoms with van der Waals surface area (Å²) in [6.45, 7) is 4.39. The first-order chi connectivity index (χ1) is 8.08. The van der Waals surface area contributed by atoms with Crippen LogP contribution >= 0.6 is 0 Å². The molecule has 0 amide bonds. The number of nitrogens with one attached hydrogen (secondary N) is 1. The monoisotopic (exact) mass is 233 g/mol. The Balaban J connectivity index is 2.36. The Labute approximate surface area is 99.2 Å². The first-order valence-corrected chi connectivity index (χ1v) is 5.53. The molecular formula is C13H15NO3. The third-order valence-electron chi connectivity index (χ3n) is 2.51. The molecule has 0 aliphatic carbocycles. The van der Waals surface area contributed by atoms with Gasteiger partial charge in [-0.25, -0.2) is 4.79 Å². The van der Waals surface area contributed by atoms with E-state index in [0.717, 1.165) is 11.1 Å². The summed E-state index contributed by atoms with van der Waals surface area (Å²) in [6, 6.07) is 7.14. The topological polar surface area (TPSA) is 62.3 Å². The molecular weight excluding hydrogens is 218 g/mol. The van der Waals surface area contributed by atoms with Crippen LogP contribution in [0, 0.1) is 0 Å². The summed E-state index contributed by atoms with van der Waals surface area (Å²) < 4.78 is 5.48. The fraction of sp³-hybridized carbons (Fsp3) is 0.308. The standard InChI is InChI=1S/C13H15NO3/c1-8(2)17-7-10-6-9-4-3-5-11(13(15)16)12(9)14-10/h3-6,8,14H,7H2,1-2H3,(H,15,16). The molecule has 0 unspecified atom stereocenters. The Morgan fingerprint density at radius 3 is 2.88 bits per heavy atom. The van der Waals surface area contributed by atoms with Crippen molar-refractivity contribution < 1.29 is 14.6 Å². The normalized spacial score (nSPS) is 11.2. The minimum absolute atomic E-state index is 0.153. The van der Waals surface area contributed by atoms with E-state index in [-0.39, 0.29) is 6.10 Å². The van der Waals surface area contributed by atoms with Crippen molar-refractivity contribution in [2.75, 3.05) is 0 Å². The summed E-state index contributed by atoms with van der Waals surface area (Å²) in [5, 5.41) is 9.95. The zero-order chi connectivity index (χ0) is 12.4. The van der Waals surface area contributed by atoms with Gasteiger partial charge < -0.3 is 14.8 Å². The molecule has 0 fully saturated rings. The molecule has 0 aliphatic rings. The number of benzene rings is 1. The summed E-state index contributed by atoms with van der Waals surface area (Å²) in [5.41, 5.74) is 1.84. The van der Waals surface area contributed by atoms with Crippen molar-refractivity contribution in [1.82, 2.24) is 4.98 Å². The van der Waals surface area contributed by atoms with Gasteiger partial charge in [-0.1, -0.05) is 12.1 Å². The first-order valence-electron chi connectivity index (χ1n) is 5.53. The smallest absolute Gasteiger partial charge is 0.337 e. The largest absolute Gasteiger partial charge is 0.478 e. The molecule has 4 heteroatoms. The highest BCUT2D eigenvalue weighted by Gasteiger charge is 2.10. The van der Waals surface area contributed by atoms with E-state index in [1.807, 2.05) is 26.0 Å². The second kappa shape index (κ2) is 4.59. The maximum Gasteiger partial charge on any atom is 0.337 e. The molecule has 2 N–H and O–H groups in total. The molecule has 2 rings (SSSR count). The average molecular weight is 233 g/mol. The van der Waals surface area contributed by atoms with Gasteiger partial charge in [0.15, 0.2) is 0 Å². The maximum atomic E-state index is 11.0. The number of rotatable bonds is 4. The number of hydrogen-bond donors (Lipinski definition) is 2. The number of carboxylic acid groups (broad SMARTS) is 1. The molecule has 0 saturated carbocycles. The van der Waals surface area contributed by atoms with Gasteiger partial charge in [-0.05, 0) is 26.0 Å². The van der Waals surface area contributed by atoms with Crippen LogP contribution in [0.15, 0.2) is 24.3 Å². The van der Waals surface area contributed by atoms with E-state index in [1.54, 1.807) is 12.1 Å². The minimum atomic E-state index is -0.922. The fourth-order valence-corrected chi connectivity index (χ4v) is 1.73. The average Bonchev–Trinajstić information content (AvgIpc) is 2.68. The molecule has 0 aliphatic heterocycles. The highest BCUT2D eigenvalue weighted by atomic mass is 16.5. The number of carboxylic acids is 1. The van der Waals surface area contributed by atoms with Gasteiger partial charge in [0.05, 0.1) is 23.8 Å². The van der Waals surface area contributed by atoms with Crippen molar-refractivity contribution in [2.24, 2.45) is 0 Å². The zero-order valence-corrected chi connectivity index (χ0v) is 9.86. The number of aromatic amines is 1. The second-order valence-corrected chi connectivity index (χ2v) is 4.23. The number of aromatic carboxylic acids is 1. The van der Waals surface area contributed by atoms with Crippen molar-refractivity contribution in [1.29, 1.82) is 0 Å². The van der Waals surface area contributed by atoms with Crippen molar-refractivity contribution in [3.05, 3.63) is 35.5 Å². The summed E-state index contributed by atoms with van der Waals surface area (Å²) >= 11 is 0. The van der Waals surface area contributed by atoms with E-state index in [0.29, 0.717) is 17.7 Å². The second-order valence-electron chi connectivity index (χ2n) is 4.23. The van der Waals surface area contributed by atoms with E-state index in [4.69, 9.17) is 9.84 Å². The molecule has 0 atom stereocenters. The van der Waals surface area contributed by atoms with Crippen LogP contribution in [0.1, 0.15) is 29.9 Å². The number of aromatic nitrogens is 1. The lowest BCUT2D eigenvalue weighted by molar-refractivity contribution is 0.0638. The van der Waals surface area contributed by atoms with Crippen molar-refractivity contribution >= 4 is 16.9 Å². The minimum Gasteiger partial charge on any atom is -0.478 e. The maximum absolute atomic E-state index is 11.0. The lowest BCUT2D eigenvalue weighted by atomic mass is 10.1. The lowest BCUT2D eigenvalue weighted by Gasteiger charge is -2.04. The first kappa shape index (κ1) is 11.7. The summed E-state index contributed by atoms with van der Waals surface area (Å²) in [5.74, 6) is -0.922. The van der Waals surface area contributed by atoms with Crippen LogP contribution < -0.4 is 0 Å². The van der Waals surface area contributed by atoms with Gasteiger partial charge in [-0.2, -0.15) is 0 Å². The predicted molar refractivity (Wildman–Crippen MR) is 65.2 cm³/mol. The van der Waals surface area contributed by atoms with E-state index >= 15 is 0 Å². The van der Waals surface area contributed by atoms with Gasteiger partial charge in [-0.3, -0.25) is 0 Å². The van der Waals surface area contributed by atoms with E-state index in [9.17, 15) is 4.79 Å². The molecule has 17 heavy (non-hydrogen) atoms. The van der Waals surface area contributed by atoms with Gasteiger partial charge in [0, 0.05) is 11.1 Å². The zero-order valence-electron chi connectivity index (χ0n) is 9.86. The SMILES string of the molecule is CC(C)OCc1cc2cccc(C(=O)O)c2[nH]1. The third kappa shape index (κ3) is 2.47. The Kier molecular flexibility index (Phi) is 3.15. The molecule has 90 valence electrons. The predicted octanol–water partition coefficient (Wildman–Crippen LogP) is 2.79. The fourth-order valence-electron chi connectivity index (χ4n) is 1.73. The van der Waals surface area contributed by atoms with Crippen LogP contribution in [0.2, 0.25) is 0 Å². The van der Waals surface area contributed by atoms with Crippen LogP contribution in [0.25, 0.3) is 10.9 Å². The highest BCUT2D eigenvalue weighted by molar-refractivity contribution is 6.02. The number of fused-ring (bicyclic) bond motifs is 1. The molecule has 0 saturated heterocycles. The number of carbonyl (C=O) groups is 1. The molecule has 2 aromatic rings. The molecule has 4 nitrogen and oxygen atoms in total. The number of para-hydroxylation sites is 1. The molecule has 1 aromatic heterocycles. The van der Waals surface area contributed by atoms with Gasteiger partial charge in [-0.15, -0.1) is 0 Å². The molecule has 0 bridgehead atoms. The van der Waals surface area contributed by atoms with Gasteiger partial charge in [0.25, 0.3) is 0 Å². The number of hydrogen-bond acceptors (Lipinski definition) is 2. The van der Waals surface area contributed by atoms with Gasteiger partial charge in [0.2, 0.25) is 0 Å². The van der Waals surface area contributed by atoms with Crippen LogP contribution in [-0.2, 0) is 11.3 Å². The van der Waals surface area contributed by atoms with Gasteiger partial charge >= 0.3 is 5.97 Å². The van der Waals surface area contributed by atoms with Crippen LogP contribution in [-0.4, -0.2) is 22.2 Å². The molecule has 1 heterocycles. The highest BCUT2D eigenvalue weighted by Crippen LogP contribution is 2.20. The van der Waals surface area contributed by atoms with Crippen LogP contribution in [0.5, 0.6) is 0 Å². The Hall–Kier alpha value is -1.81. The number of ether oxygens (including phenoxy) is 1.